The van der Waals surface area contributed by atoms with E-state index in [4.69, 9.17) is 18.0 Å². The third kappa shape index (κ3) is 3.65. The lowest BCUT2D eigenvalue weighted by atomic mass is 9.85. The van der Waals surface area contributed by atoms with Crippen LogP contribution >= 0.6 is 12.2 Å². The number of piperidine rings is 1. The van der Waals surface area contributed by atoms with E-state index in [9.17, 15) is 9.59 Å². The van der Waals surface area contributed by atoms with Gasteiger partial charge in [0.1, 0.15) is 0 Å². The maximum atomic E-state index is 12.5. The molecular formula is C13H23N3O2S. The zero-order chi connectivity index (χ0) is 14.6. The molecule has 1 aliphatic heterocycles. The standard InChI is InChI=1S/C13H23N3O2S/c1-4-13(3,11(14)19)12(18)16-7-5-10(6-8-16)15-9(2)17/h10H,4-8H2,1-3H3,(H2,14,19)(H,15,17). The second kappa shape index (κ2) is 6.32. The van der Waals surface area contributed by atoms with E-state index in [2.05, 4.69) is 5.32 Å². The Bertz CT molecular complexity index is 378. The highest BCUT2D eigenvalue weighted by molar-refractivity contribution is 7.80. The van der Waals surface area contributed by atoms with Crippen LogP contribution in [0, 0.1) is 5.41 Å². The maximum absolute atomic E-state index is 12.5. The Morgan fingerprint density at radius 3 is 2.32 bits per heavy atom. The van der Waals surface area contributed by atoms with Crippen LogP contribution in [-0.2, 0) is 9.59 Å². The average Bonchev–Trinajstić information content (AvgIpc) is 2.37. The summed E-state index contributed by atoms with van der Waals surface area (Å²) in [5.74, 6) is -0.0184. The molecule has 108 valence electrons. The number of thiocarbonyl (C=S) groups is 1. The van der Waals surface area contributed by atoms with Crippen molar-refractivity contribution in [3.63, 3.8) is 0 Å². The number of hydrogen-bond acceptors (Lipinski definition) is 3. The maximum Gasteiger partial charge on any atom is 0.235 e. The molecule has 1 unspecified atom stereocenters. The first-order chi connectivity index (χ1) is 8.81. The van der Waals surface area contributed by atoms with E-state index in [1.54, 1.807) is 11.8 Å². The third-order valence-corrected chi connectivity index (χ3v) is 4.36. The van der Waals surface area contributed by atoms with E-state index < -0.39 is 5.41 Å². The van der Waals surface area contributed by atoms with Gasteiger partial charge in [0.05, 0.1) is 10.4 Å². The SMILES string of the molecule is CCC(C)(C(=O)N1CCC(NC(C)=O)CC1)C(N)=S. The van der Waals surface area contributed by atoms with Gasteiger partial charge in [-0.1, -0.05) is 19.1 Å². The number of nitrogens with two attached hydrogens (primary N) is 1. The zero-order valence-electron chi connectivity index (χ0n) is 11.9. The summed E-state index contributed by atoms with van der Waals surface area (Å²) < 4.78 is 0. The predicted octanol–water partition coefficient (Wildman–Crippen LogP) is 0.816. The van der Waals surface area contributed by atoms with Crippen molar-refractivity contribution >= 4 is 29.0 Å². The molecule has 0 bridgehead atoms. The normalized spacial score (nSPS) is 19.6. The van der Waals surface area contributed by atoms with Gasteiger partial charge >= 0.3 is 0 Å². The average molecular weight is 285 g/mol. The molecule has 0 aromatic rings. The van der Waals surface area contributed by atoms with Crippen LogP contribution in [0.5, 0.6) is 0 Å². The van der Waals surface area contributed by atoms with Gasteiger partial charge in [-0.2, -0.15) is 0 Å². The van der Waals surface area contributed by atoms with E-state index in [0.717, 1.165) is 12.8 Å². The third-order valence-electron chi connectivity index (χ3n) is 3.91. The molecule has 1 saturated heterocycles. The molecule has 1 aliphatic rings. The van der Waals surface area contributed by atoms with Crippen molar-refractivity contribution in [2.24, 2.45) is 11.1 Å². The lowest BCUT2D eigenvalue weighted by Gasteiger charge is -2.37. The Morgan fingerprint density at radius 1 is 1.42 bits per heavy atom. The number of amides is 2. The van der Waals surface area contributed by atoms with Crippen molar-refractivity contribution in [2.45, 2.75) is 46.1 Å². The molecule has 6 heteroatoms. The highest BCUT2D eigenvalue weighted by Crippen LogP contribution is 2.26. The number of nitrogens with one attached hydrogen (secondary N) is 1. The summed E-state index contributed by atoms with van der Waals surface area (Å²) in [5.41, 5.74) is 4.96. The minimum Gasteiger partial charge on any atom is -0.392 e. The molecule has 1 heterocycles. The lowest BCUT2D eigenvalue weighted by molar-refractivity contribution is -0.139. The van der Waals surface area contributed by atoms with Gasteiger partial charge in [-0.3, -0.25) is 9.59 Å². The minimum atomic E-state index is -0.754. The van der Waals surface area contributed by atoms with Crippen molar-refractivity contribution in [2.75, 3.05) is 13.1 Å². The number of rotatable bonds is 4. The van der Waals surface area contributed by atoms with Gasteiger partial charge in [0.2, 0.25) is 11.8 Å². The number of hydrogen-bond donors (Lipinski definition) is 2. The van der Waals surface area contributed by atoms with Crippen LogP contribution in [0.15, 0.2) is 0 Å². The van der Waals surface area contributed by atoms with E-state index in [1.807, 2.05) is 6.92 Å². The highest BCUT2D eigenvalue weighted by Gasteiger charge is 2.39. The minimum absolute atomic E-state index is 0.00350. The van der Waals surface area contributed by atoms with Gasteiger partial charge < -0.3 is 16.0 Å². The summed E-state index contributed by atoms with van der Waals surface area (Å²) >= 11 is 5.03. The monoisotopic (exact) mass is 285 g/mol. The van der Waals surface area contributed by atoms with E-state index in [1.165, 1.54) is 6.92 Å². The highest BCUT2D eigenvalue weighted by atomic mass is 32.1. The molecule has 0 radical (unpaired) electrons. The fraction of sp³-hybridized carbons (Fsp3) is 0.769. The molecule has 0 aliphatic carbocycles. The molecule has 1 rings (SSSR count). The predicted molar refractivity (Wildman–Crippen MR) is 78.6 cm³/mol. The molecule has 19 heavy (non-hydrogen) atoms. The Balaban J connectivity index is 2.62. The fourth-order valence-corrected chi connectivity index (χ4v) is 2.53. The number of likely N-dealkylation sites (tertiary alicyclic amines) is 1. The largest absolute Gasteiger partial charge is 0.392 e. The molecular weight excluding hydrogens is 262 g/mol. The quantitative estimate of drug-likeness (QED) is 0.750. The topological polar surface area (TPSA) is 75.4 Å². The van der Waals surface area contributed by atoms with Crippen LogP contribution < -0.4 is 11.1 Å². The molecule has 3 N–H and O–H groups in total. The van der Waals surface area contributed by atoms with Crippen molar-refractivity contribution < 1.29 is 9.59 Å². The van der Waals surface area contributed by atoms with Crippen LogP contribution in [0.2, 0.25) is 0 Å². The van der Waals surface area contributed by atoms with Gasteiger partial charge in [0.15, 0.2) is 0 Å². The molecule has 1 atom stereocenters. The Morgan fingerprint density at radius 2 is 1.95 bits per heavy atom. The van der Waals surface area contributed by atoms with Crippen molar-refractivity contribution in [3.8, 4) is 0 Å². The summed E-state index contributed by atoms with van der Waals surface area (Å²) in [6.07, 6.45) is 2.16. The molecule has 5 nitrogen and oxygen atoms in total. The fourth-order valence-electron chi connectivity index (χ4n) is 2.29. The van der Waals surface area contributed by atoms with Gasteiger partial charge in [-0.05, 0) is 26.2 Å². The Kier molecular flexibility index (Phi) is 5.29. The Labute approximate surface area is 119 Å². The molecule has 0 aromatic heterocycles. The van der Waals surface area contributed by atoms with Gasteiger partial charge in [-0.15, -0.1) is 0 Å². The van der Waals surface area contributed by atoms with E-state index in [-0.39, 0.29) is 22.8 Å². The second-order valence-corrected chi connectivity index (χ2v) is 5.76. The van der Waals surface area contributed by atoms with Crippen LogP contribution in [0.3, 0.4) is 0 Å². The second-order valence-electron chi connectivity index (χ2n) is 5.32. The van der Waals surface area contributed by atoms with Crippen LogP contribution in [-0.4, -0.2) is 40.8 Å². The summed E-state index contributed by atoms with van der Waals surface area (Å²) in [6, 6.07) is 0.166. The molecule has 2 amide bonds. The molecule has 1 fully saturated rings. The number of carbonyl (C=O) groups is 2. The molecule has 0 spiro atoms. The summed E-state index contributed by atoms with van der Waals surface area (Å²) in [6.45, 7) is 6.52. The van der Waals surface area contributed by atoms with E-state index in [0.29, 0.717) is 19.5 Å². The summed E-state index contributed by atoms with van der Waals surface area (Å²) in [4.78, 5) is 25.5. The van der Waals surface area contributed by atoms with Crippen molar-refractivity contribution in [1.82, 2.24) is 10.2 Å². The smallest absolute Gasteiger partial charge is 0.235 e. The first-order valence-corrected chi connectivity index (χ1v) is 7.08. The van der Waals surface area contributed by atoms with Crippen LogP contribution in [0.4, 0.5) is 0 Å². The zero-order valence-corrected chi connectivity index (χ0v) is 12.7. The number of carbonyl (C=O) groups excluding carboxylic acids is 2. The first-order valence-electron chi connectivity index (χ1n) is 6.67. The molecule has 0 saturated carbocycles. The first kappa shape index (κ1) is 15.9. The molecule has 0 aromatic carbocycles. The van der Waals surface area contributed by atoms with Crippen molar-refractivity contribution in [3.05, 3.63) is 0 Å². The Hall–Kier alpha value is -1.17. The van der Waals surface area contributed by atoms with Crippen LogP contribution in [0.1, 0.15) is 40.0 Å². The number of nitrogens with zero attached hydrogens (tertiary/aromatic N) is 1. The van der Waals surface area contributed by atoms with Gasteiger partial charge in [-0.25, -0.2) is 0 Å². The van der Waals surface area contributed by atoms with Gasteiger partial charge in [0, 0.05) is 26.1 Å². The van der Waals surface area contributed by atoms with Crippen molar-refractivity contribution in [1.29, 1.82) is 0 Å². The van der Waals surface area contributed by atoms with Crippen LogP contribution in [0.25, 0.3) is 0 Å². The summed E-state index contributed by atoms with van der Waals surface area (Å²) in [7, 11) is 0. The lowest BCUT2D eigenvalue weighted by Crippen LogP contribution is -2.53. The summed E-state index contributed by atoms with van der Waals surface area (Å²) in [5, 5.41) is 2.89. The van der Waals surface area contributed by atoms with E-state index >= 15 is 0 Å². The van der Waals surface area contributed by atoms with Gasteiger partial charge in [0.25, 0.3) is 0 Å².